The van der Waals surface area contributed by atoms with Crippen molar-refractivity contribution in [2.45, 2.75) is 32.8 Å². The summed E-state index contributed by atoms with van der Waals surface area (Å²) in [6, 6.07) is 14.7. The molecule has 0 N–H and O–H groups in total. The molecule has 36 heavy (non-hydrogen) atoms. The highest BCUT2D eigenvalue weighted by molar-refractivity contribution is 9.10. The molecule has 0 unspecified atom stereocenters. The zero-order valence-corrected chi connectivity index (χ0v) is 22.5. The maximum absolute atomic E-state index is 13.5. The number of rotatable bonds is 6. The van der Waals surface area contributed by atoms with Gasteiger partial charge in [0.15, 0.2) is 11.5 Å². The van der Waals surface area contributed by atoms with Crippen LogP contribution in [0.1, 0.15) is 37.7 Å². The third-order valence-corrected chi connectivity index (χ3v) is 6.07. The van der Waals surface area contributed by atoms with E-state index in [0.717, 1.165) is 10.0 Å². The summed E-state index contributed by atoms with van der Waals surface area (Å²) in [6.07, 6.45) is 1.50. The lowest BCUT2D eigenvalue weighted by Gasteiger charge is -2.21. The molecular weight excluding hydrogens is 549 g/mol. The van der Waals surface area contributed by atoms with Crippen molar-refractivity contribution in [1.29, 1.82) is 0 Å². The van der Waals surface area contributed by atoms with Crippen LogP contribution in [0, 0.1) is 5.82 Å². The summed E-state index contributed by atoms with van der Waals surface area (Å²) in [5.74, 6) is 0.958. The second-order valence-electron chi connectivity index (χ2n) is 9.15. The standard InChI is InChI=1S/C27H24BrClFN3O3/c1-27(2,3)26-32-22-10-7-18(28)12-21(22)25(34)33(26)31-14-17-11-19(29)13-23(35-4)24(17)36-15-16-5-8-20(30)9-6-16/h5-14H,15H2,1-4H3. The lowest BCUT2D eigenvalue weighted by molar-refractivity contribution is 0.284. The number of methoxy groups -OCH3 is 1. The Labute approximate surface area is 221 Å². The first-order valence-corrected chi connectivity index (χ1v) is 12.3. The average Bonchev–Trinajstić information content (AvgIpc) is 2.83. The molecule has 4 rings (SSSR count). The number of hydrogen-bond donors (Lipinski definition) is 0. The molecule has 0 aliphatic rings. The topological polar surface area (TPSA) is 65.7 Å². The van der Waals surface area contributed by atoms with Gasteiger partial charge in [0.1, 0.15) is 18.2 Å². The van der Waals surface area contributed by atoms with Gasteiger partial charge >= 0.3 is 0 Å². The van der Waals surface area contributed by atoms with Crippen molar-refractivity contribution in [3.63, 3.8) is 0 Å². The Morgan fingerprint density at radius 1 is 1.14 bits per heavy atom. The first kappa shape index (κ1) is 25.9. The van der Waals surface area contributed by atoms with Crippen LogP contribution in [0.3, 0.4) is 0 Å². The molecule has 0 spiro atoms. The van der Waals surface area contributed by atoms with Gasteiger partial charge in [-0.2, -0.15) is 9.78 Å². The van der Waals surface area contributed by atoms with E-state index in [1.165, 1.54) is 30.1 Å². The van der Waals surface area contributed by atoms with Gasteiger partial charge < -0.3 is 9.47 Å². The Morgan fingerprint density at radius 2 is 1.86 bits per heavy atom. The predicted molar refractivity (Wildman–Crippen MR) is 144 cm³/mol. The number of fused-ring (bicyclic) bond motifs is 1. The largest absolute Gasteiger partial charge is 0.493 e. The zero-order chi connectivity index (χ0) is 26.0. The molecule has 0 bridgehead atoms. The quantitative estimate of drug-likeness (QED) is 0.241. The van der Waals surface area contributed by atoms with Crippen molar-refractivity contribution in [1.82, 2.24) is 9.66 Å². The number of hydrogen-bond acceptors (Lipinski definition) is 5. The molecule has 186 valence electrons. The summed E-state index contributed by atoms with van der Waals surface area (Å²) in [5, 5.41) is 5.37. The third kappa shape index (κ3) is 5.60. The third-order valence-electron chi connectivity index (χ3n) is 5.36. The molecule has 0 aliphatic heterocycles. The van der Waals surface area contributed by atoms with Crippen LogP contribution in [0.15, 0.2) is 69.0 Å². The number of aromatic nitrogens is 2. The van der Waals surface area contributed by atoms with E-state index < -0.39 is 5.41 Å². The van der Waals surface area contributed by atoms with Crippen molar-refractivity contribution in [3.8, 4) is 11.5 Å². The zero-order valence-electron chi connectivity index (χ0n) is 20.2. The Kier molecular flexibility index (Phi) is 7.47. The first-order chi connectivity index (χ1) is 17.1. The van der Waals surface area contributed by atoms with Gasteiger partial charge in [0, 0.05) is 26.5 Å². The molecule has 0 fully saturated rings. The molecule has 0 saturated heterocycles. The summed E-state index contributed by atoms with van der Waals surface area (Å²) in [6.45, 7) is 6.05. The molecule has 0 aliphatic carbocycles. The van der Waals surface area contributed by atoms with Gasteiger partial charge in [-0.3, -0.25) is 4.79 Å². The summed E-state index contributed by atoms with van der Waals surface area (Å²) in [4.78, 5) is 18.2. The number of benzene rings is 3. The summed E-state index contributed by atoms with van der Waals surface area (Å²) < 4.78 is 26.9. The lowest BCUT2D eigenvalue weighted by atomic mass is 9.95. The molecule has 0 radical (unpaired) electrons. The minimum Gasteiger partial charge on any atom is -0.493 e. The second-order valence-corrected chi connectivity index (χ2v) is 10.5. The molecular formula is C27H24BrClFN3O3. The van der Waals surface area contributed by atoms with Crippen LogP contribution in [-0.2, 0) is 12.0 Å². The fraction of sp³-hybridized carbons (Fsp3) is 0.222. The number of nitrogens with zero attached hydrogens (tertiary/aromatic N) is 3. The number of ether oxygens (including phenoxy) is 2. The van der Waals surface area contributed by atoms with E-state index in [1.54, 1.807) is 36.4 Å². The van der Waals surface area contributed by atoms with Crippen LogP contribution in [0.25, 0.3) is 10.9 Å². The van der Waals surface area contributed by atoms with E-state index in [4.69, 9.17) is 26.1 Å². The van der Waals surface area contributed by atoms with Crippen LogP contribution < -0.4 is 15.0 Å². The Balaban J connectivity index is 1.81. The fourth-order valence-electron chi connectivity index (χ4n) is 3.59. The van der Waals surface area contributed by atoms with Crippen molar-refractivity contribution in [2.24, 2.45) is 5.10 Å². The maximum Gasteiger partial charge on any atom is 0.282 e. The van der Waals surface area contributed by atoms with Gasteiger partial charge in [-0.05, 0) is 42.0 Å². The number of halogens is 3. The Bertz CT molecular complexity index is 1510. The fourth-order valence-corrected chi connectivity index (χ4v) is 4.17. The SMILES string of the molecule is COc1cc(Cl)cc(C=Nn2c(C(C)(C)C)nc3ccc(Br)cc3c2=O)c1OCc1ccc(F)cc1. The van der Waals surface area contributed by atoms with Crippen molar-refractivity contribution < 1.29 is 13.9 Å². The Hall–Kier alpha value is -3.23. The lowest BCUT2D eigenvalue weighted by Crippen LogP contribution is -2.29. The van der Waals surface area contributed by atoms with Gasteiger partial charge in [0.2, 0.25) is 0 Å². The molecule has 1 heterocycles. The van der Waals surface area contributed by atoms with E-state index >= 15 is 0 Å². The normalized spacial score (nSPS) is 11.9. The average molecular weight is 573 g/mol. The second kappa shape index (κ2) is 10.4. The molecule has 0 saturated carbocycles. The van der Waals surface area contributed by atoms with Crippen LogP contribution >= 0.6 is 27.5 Å². The van der Waals surface area contributed by atoms with Gasteiger partial charge in [-0.25, -0.2) is 9.37 Å². The van der Waals surface area contributed by atoms with E-state index in [1.807, 2.05) is 26.8 Å². The van der Waals surface area contributed by atoms with Gasteiger partial charge in [0.05, 0.1) is 24.2 Å². The maximum atomic E-state index is 13.5. The molecule has 9 heteroatoms. The molecule has 6 nitrogen and oxygen atoms in total. The van der Waals surface area contributed by atoms with Crippen LogP contribution in [-0.4, -0.2) is 23.0 Å². The van der Waals surface area contributed by atoms with Gasteiger partial charge in [-0.1, -0.05) is 60.4 Å². The van der Waals surface area contributed by atoms with Crippen LogP contribution in [0.2, 0.25) is 5.02 Å². The van der Waals surface area contributed by atoms with E-state index in [-0.39, 0.29) is 18.0 Å². The highest BCUT2D eigenvalue weighted by atomic mass is 79.9. The molecule has 0 amide bonds. The summed E-state index contributed by atoms with van der Waals surface area (Å²) in [5.41, 5.74) is 1.10. The molecule has 1 aromatic heterocycles. The van der Waals surface area contributed by atoms with Crippen molar-refractivity contribution in [2.75, 3.05) is 7.11 Å². The Morgan fingerprint density at radius 3 is 2.53 bits per heavy atom. The highest BCUT2D eigenvalue weighted by Gasteiger charge is 2.23. The summed E-state index contributed by atoms with van der Waals surface area (Å²) in [7, 11) is 1.50. The highest BCUT2D eigenvalue weighted by Crippen LogP contribution is 2.34. The predicted octanol–water partition coefficient (Wildman–Crippen LogP) is 6.72. The smallest absolute Gasteiger partial charge is 0.282 e. The van der Waals surface area contributed by atoms with E-state index in [9.17, 15) is 9.18 Å². The molecule has 0 atom stereocenters. The minimum absolute atomic E-state index is 0.165. The monoisotopic (exact) mass is 571 g/mol. The van der Waals surface area contributed by atoms with Crippen LogP contribution in [0.4, 0.5) is 4.39 Å². The van der Waals surface area contributed by atoms with Crippen molar-refractivity contribution in [3.05, 3.63) is 97.2 Å². The summed E-state index contributed by atoms with van der Waals surface area (Å²) >= 11 is 9.74. The minimum atomic E-state index is -0.467. The van der Waals surface area contributed by atoms with Gasteiger partial charge in [-0.15, -0.1) is 0 Å². The van der Waals surface area contributed by atoms with Crippen LogP contribution in [0.5, 0.6) is 11.5 Å². The van der Waals surface area contributed by atoms with Gasteiger partial charge in [0.25, 0.3) is 5.56 Å². The van der Waals surface area contributed by atoms with E-state index in [0.29, 0.717) is 38.8 Å². The molecule has 4 aromatic rings. The molecule has 3 aromatic carbocycles. The first-order valence-electron chi connectivity index (χ1n) is 11.1. The van der Waals surface area contributed by atoms with Crippen molar-refractivity contribution >= 4 is 44.6 Å². The van der Waals surface area contributed by atoms with E-state index in [2.05, 4.69) is 21.0 Å².